The second kappa shape index (κ2) is 6.86. The predicted octanol–water partition coefficient (Wildman–Crippen LogP) is 2.69. The van der Waals surface area contributed by atoms with E-state index in [0.717, 1.165) is 11.4 Å². The quantitative estimate of drug-likeness (QED) is 0.822. The lowest BCUT2D eigenvalue weighted by Gasteiger charge is -2.08. The van der Waals surface area contributed by atoms with Crippen molar-refractivity contribution < 1.29 is 4.74 Å². The van der Waals surface area contributed by atoms with Crippen molar-refractivity contribution in [2.75, 3.05) is 17.2 Å². The maximum absolute atomic E-state index is 5.26. The van der Waals surface area contributed by atoms with Gasteiger partial charge in [-0.3, -0.25) is 0 Å². The second-order valence-corrected chi connectivity index (χ2v) is 4.24. The Balaban J connectivity index is 1.86. The third-order valence-corrected chi connectivity index (χ3v) is 2.55. The van der Waals surface area contributed by atoms with Crippen molar-refractivity contribution in [1.29, 1.82) is 0 Å². The van der Waals surface area contributed by atoms with E-state index in [2.05, 4.69) is 15.7 Å². The Morgan fingerprint density at radius 3 is 2.74 bits per heavy atom. The number of hydrogen-bond acceptors (Lipinski definition) is 3. The maximum atomic E-state index is 5.26. The Kier molecular flexibility index (Phi) is 4.88. The molecule has 0 aliphatic rings. The zero-order valence-electron chi connectivity index (χ0n) is 10.7. The Bertz CT molecular complexity index is 526. The van der Waals surface area contributed by atoms with Gasteiger partial charge >= 0.3 is 0 Å². The summed E-state index contributed by atoms with van der Waals surface area (Å²) >= 11 is 5.22. The topological polar surface area (TPSA) is 51.1 Å². The van der Waals surface area contributed by atoms with Crippen LogP contribution in [0, 0.1) is 0 Å². The first kappa shape index (κ1) is 13.5. The van der Waals surface area contributed by atoms with Gasteiger partial charge in [0.2, 0.25) is 0 Å². The molecule has 0 aliphatic carbocycles. The monoisotopic (exact) mass is 276 g/mol. The predicted molar refractivity (Wildman–Crippen MR) is 80.1 cm³/mol. The first-order chi connectivity index (χ1) is 9.28. The van der Waals surface area contributed by atoms with E-state index in [1.165, 1.54) is 0 Å². The molecule has 0 atom stereocenters. The van der Waals surface area contributed by atoms with Crippen LogP contribution in [0.1, 0.15) is 6.92 Å². The Morgan fingerprint density at radius 1 is 1.26 bits per heavy atom. The lowest BCUT2D eigenvalue weighted by molar-refractivity contribution is 0.0792. The third-order valence-electron chi connectivity index (χ3n) is 2.35. The van der Waals surface area contributed by atoms with E-state index >= 15 is 0 Å². The molecule has 0 bridgehead atoms. The Morgan fingerprint density at radius 2 is 2.00 bits per heavy atom. The summed E-state index contributed by atoms with van der Waals surface area (Å²) in [5.74, 6) is 0. The van der Waals surface area contributed by atoms with Crippen LogP contribution in [0.5, 0.6) is 0 Å². The third kappa shape index (κ3) is 4.35. The van der Waals surface area contributed by atoms with Crippen LogP contribution in [-0.2, 0) is 11.5 Å². The molecule has 0 spiro atoms. The SMILES string of the molecule is CCOCn1cc(NC(=S)Nc2ccccc2)cn1. The fraction of sp³-hybridized carbons (Fsp3) is 0.231. The first-order valence-electron chi connectivity index (χ1n) is 6.01. The molecule has 5 nitrogen and oxygen atoms in total. The highest BCUT2D eigenvalue weighted by molar-refractivity contribution is 7.80. The largest absolute Gasteiger partial charge is 0.360 e. The van der Waals surface area contributed by atoms with Gasteiger partial charge in [0.05, 0.1) is 18.1 Å². The van der Waals surface area contributed by atoms with E-state index < -0.39 is 0 Å². The van der Waals surface area contributed by atoms with Gasteiger partial charge < -0.3 is 15.4 Å². The summed E-state index contributed by atoms with van der Waals surface area (Å²) in [5.41, 5.74) is 1.77. The van der Waals surface area contributed by atoms with Crippen LogP contribution in [0.4, 0.5) is 11.4 Å². The second-order valence-electron chi connectivity index (χ2n) is 3.84. The van der Waals surface area contributed by atoms with Crippen molar-refractivity contribution >= 4 is 28.7 Å². The highest BCUT2D eigenvalue weighted by Gasteiger charge is 2.01. The van der Waals surface area contributed by atoms with Gasteiger partial charge in [-0.05, 0) is 31.3 Å². The molecular formula is C13H16N4OS. The number of para-hydroxylation sites is 1. The van der Waals surface area contributed by atoms with Gasteiger partial charge in [0.25, 0.3) is 0 Å². The van der Waals surface area contributed by atoms with Gasteiger partial charge in [-0.15, -0.1) is 0 Å². The summed E-state index contributed by atoms with van der Waals surface area (Å²) in [5, 5.41) is 10.8. The number of anilines is 2. The Labute approximate surface area is 117 Å². The smallest absolute Gasteiger partial charge is 0.175 e. The van der Waals surface area contributed by atoms with Crippen LogP contribution in [0.3, 0.4) is 0 Å². The number of rotatable bonds is 5. The zero-order chi connectivity index (χ0) is 13.5. The molecule has 0 saturated heterocycles. The molecule has 1 aromatic heterocycles. The van der Waals surface area contributed by atoms with Gasteiger partial charge in [0, 0.05) is 12.3 Å². The van der Waals surface area contributed by atoms with Crippen LogP contribution in [0.15, 0.2) is 42.7 Å². The Hall–Kier alpha value is -1.92. The molecule has 19 heavy (non-hydrogen) atoms. The van der Waals surface area contributed by atoms with Crippen molar-refractivity contribution in [2.45, 2.75) is 13.7 Å². The molecule has 1 aromatic carbocycles. The van der Waals surface area contributed by atoms with Crippen LogP contribution in [0.25, 0.3) is 0 Å². The molecule has 0 amide bonds. The van der Waals surface area contributed by atoms with Gasteiger partial charge in [0.15, 0.2) is 5.11 Å². The summed E-state index contributed by atoms with van der Waals surface area (Å²) in [4.78, 5) is 0. The van der Waals surface area contributed by atoms with E-state index in [1.807, 2.05) is 43.5 Å². The normalized spacial score (nSPS) is 10.2. The summed E-state index contributed by atoms with van der Waals surface area (Å²) < 4.78 is 6.96. The van der Waals surface area contributed by atoms with Gasteiger partial charge in [-0.2, -0.15) is 5.10 Å². The van der Waals surface area contributed by atoms with Gasteiger partial charge in [-0.1, -0.05) is 18.2 Å². The highest BCUT2D eigenvalue weighted by Crippen LogP contribution is 2.08. The highest BCUT2D eigenvalue weighted by atomic mass is 32.1. The number of nitrogens with zero attached hydrogens (tertiary/aromatic N) is 2. The molecule has 2 aromatic rings. The molecule has 0 aliphatic heterocycles. The van der Waals surface area contributed by atoms with Crippen molar-refractivity contribution in [2.24, 2.45) is 0 Å². The minimum absolute atomic E-state index is 0.442. The van der Waals surface area contributed by atoms with Crippen molar-refractivity contribution in [1.82, 2.24) is 9.78 Å². The minimum atomic E-state index is 0.442. The standard InChI is InChI=1S/C13H16N4OS/c1-2-18-10-17-9-12(8-14-17)16-13(19)15-11-6-4-3-5-7-11/h3-9H,2,10H2,1H3,(H2,15,16,19). The molecule has 100 valence electrons. The summed E-state index contributed by atoms with van der Waals surface area (Å²) in [6, 6.07) is 9.76. The van der Waals surface area contributed by atoms with Crippen molar-refractivity contribution in [3.05, 3.63) is 42.7 Å². The average molecular weight is 276 g/mol. The van der Waals surface area contributed by atoms with E-state index in [-0.39, 0.29) is 0 Å². The van der Waals surface area contributed by atoms with Gasteiger partial charge in [-0.25, -0.2) is 4.68 Å². The molecular weight excluding hydrogens is 260 g/mol. The summed E-state index contributed by atoms with van der Waals surface area (Å²) in [7, 11) is 0. The molecule has 1 heterocycles. The molecule has 2 rings (SSSR count). The van der Waals surface area contributed by atoms with E-state index in [0.29, 0.717) is 18.5 Å². The first-order valence-corrected chi connectivity index (χ1v) is 6.42. The lowest BCUT2D eigenvalue weighted by atomic mass is 10.3. The maximum Gasteiger partial charge on any atom is 0.175 e. The van der Waals surface area contributed by atoms with Crippen molar-refractivity contribution in [3.8, 4) is 0 Å². The van der Waals surface area contributed by atoms with Crippen LogP contribution in [-0.4, -0.2) is 21.5 Å². The average Bonchev–Trinajstić information content (AvgIpc) is 2.85. The van der Waals surface area contributed by atoms with Crippen LogP contribution >= 0.6 is 12.2 Å². The van der Waals surface area contributed by atoms with E-state index in [1.54, 1.807) is 10.9 Å². The number of nitrogens with one attached hydrogen (secondary N) is 2. The van der Waals surface area contributed by atoms with Crippen molar-refractivity contribution in [3.63, 3.8) is 0 Å². The minimum Gasteiger partial charge on any atom is -0.360 e. The summed E-state index contributed by atoms with van der Waals surface area (Å²) in [6.07, 6.45) is 3.55. The van der Waals surface area contributed by atoms with E-state index in [4.69, 9.17) is 17.0 Å². The molecule has 6 heteroatoms. The number of benzene rings is 1. The van der Waals surface area contributed by atoms with Crippen LogP contribution in [0.2, 0.25) is 0 Å². The number of aromatic nitrogens is 2. The van der Waals surface area contributed by atoms with E-state index in [9.17, 15) is 0 Å². The molecule has 0 radical (unpaired) electrons. The number of thiocarbonyl (C=S) groups is 1. The fourth-order valence-electron chi connectivity index (χ4n) is 1.50. The lowest BCUT2D eigenvalue weighted by Crippen LogP contribution is -2.18. The number of hydrogen-bond donors (Lipinski definition) is 2. The van der Waals surface area contributed by atoms with Crippen LogP contribution < -0.4 is 10.6 Å². The zero-order valence-corrected chi connectivity index (χ0v) is 11.5. The number of ether oxygens (including phenoxy) is 1. The molecule has 2 N–H and O–H groups in total. The molecule has 0 saturated carbocycles. The summed E-state index contributed by atoms with van der Waals surface area (Å²) in [6.45, 7) is 3.05. The molecule has 0 unspecified atom stereocenters. The fourth-order valence-corrected chi connectivity index (χ4v) is 1.73. The molecule has 0 fully saturated rings. The van der Waals surface area contributed by atoms with Gasteiger partial charge in [0.1, 0.15) is 6.73 Å².